The molecule has 0 bridgehead atoms. The molecular formula is C81H134N4O60. The van der Waals surface area contributed by atoms with Gasteiger partial charge in [0.15, 0.2) is 56.6 Å². The summed E-state index contributed by atoms with van der Waals surface area (Å²) in [4.78, 5) is 75.8. The molecule has 145 heavy (non-hydrogen) atoms. The molecule has 22 unspecified atom stereocenters. The lowest BCUT2D eigenvalue weighted by molar-refractivity contribution is -0.483. The second-order valence-electron chi connectivity index (χ2n) is 36.8. The molecule has 838 valence electrons. The molecule has 11 fully saturated rings. The molecule has 64 heteroatoms. The van der Waals surface area contributed by atoms with Crippen molar-refractivity contribution >= 4 is 36.6 Å². The normalized spacial score (nSPS) is 48.0. The maximum Gasteiger partial charge on any atom is 0.334 e. The van der Waals surface area contributed by atoms with E-state index in [1.807, 2.05) is 0 Å². The van der Waals surface area contributed by atoms with Crippen LogP contribution in [0.1, 0.15) is 54.4 Å². The minimum absolute atomic E-state index is 0.207. The number of aliphatic hydroxyl groups excluding tert-OH is 30. The monoisotopic (exact) mass is 2120 g/mol. The molecule has 0 aromatic heterocycles. The Morgan fingerprint density at radius 3 is 1.08 bits per heavy atom. The van der Waals surface area contributed by atoms with Gasteiger partial charge in [0.05, 0.1) is 104 Å². The fraction of sp³-hybridized carbons (Fsp3) is 0.926. The van der Waals surface area contributed by atoms with Crippen molar-refractivity contribution in [3.63, 3.8) is 0 Å². The van der Waals surface area contributed by atoms with E-state index in [1.54, 1.807) is 0 Å². The lowest BCUT2D eigenvalue weighted by Crippen LogP contribution is -2.71. The summed E-state index contributed by atoms with van der Waals surface area (Å²) >= 11 is 0. The number of ether oxygens (including phenoxy) is 23. The molecule has 11 aliphatic heterocycles. The van der Waals surface area contributed by atoms with Gasteiger partial charge in [-0.15, -0.1) is 0 Å². The molecule has 0 radical (unpaired) electrons. The first-order valence-corrected chi connectivity index (χ1v) is 46.1. The lowest BCUT2D eigenvalue weighted by Gasteiger charge is -2.51. The zero-order chi connectivity index (χ0) is 107. The third kappa shape index (κ3) is 26.5. The number of amides is 4. The zero-order valence-corrected chi connectivity index (χ0v) is 78.1. The number of carbonyl (C=O) groups excluding carboxylic acids is 6. The van der Waals surface area contributed by atoms with Gasteiger partial charge < -0.3 is 284 Å². The van der Waals surface area contributed by atoms with E-state index in [1.165, 1.54) is 13.8 Å². The lowest BCUT2D eigenvalue weighted by atomic mass is 9.85. The SMILES string of the molecule is CC(=O)NC1C(O)[C@H](O[C@@H]2OC(CO[C@]3(OC=O)C[C@@H](O)[C@@H](C)C([C@H](O)C(O)CO)O3)[C@H](O)[C@H](O)C2O)[C@H](CO)O[C@H]1OC1[C@@H](OCC2O[C@@H](O[C@@H]3C(CO)O[C@@H](O[C@@H]4C(CO)O[C@@H](O)C(NC(C)=O)[C@H]4O)C(NC(C)=O)[C@H]3O)C(O)[C@@H](O[C@H]3OC(CO)[C@@H](O)C(O)C3O[C@@H]3OC(CO)[C@@H](O[C@@H]4OC(CO[C@]5(OC=O)C[C@@H](O)[C@@H](C)[C@@](O)(C(O)CO)O5)[C@H](O)[C@H](O)C4O)[C@H](O)C3NC(C)=O)[C@@H]2O)OC(CO)[C@@H](O)[C@@H]1O. The summed E-state index contributed by atoms with van der Waals surface area (Å²) in [6, 6.07) is -7.91. The number of rotatable bonds is 42. The van der Waals surface area contributed by atoms with E-state index in [-0.39, 0.29) is 12.9 Å². The Balaban J connectivity index is 0.888. The molecule has 35 N–H and O–H groups in total. The van der Waals surface area contributed by atoms with Crippen molar-refractivity contribution in [1.29, 1.82) is 0 Å². The second kappa shape index (κ2) is 51.7. The van der Waals surface area contributed by atoms with Gasteiger partial charge in [0.25, 0.3) is 12.9 Å². The molecule has 64 nitrogen and oxygen atoms in total. The molecule has 0 aromatic rings. The number of hydrogen-bond donors (Lipinski definition) is 35. The summed E-state index contributed by atoms with van der Waals surface area (Å²) in [7, 11) is 0. The van der Waals surface area contributed by atoms with Crippen molar-refractivity contribution in [3.8, 4) is 0 Å². The van der Waals surface area contributed by atoms with Crippen molar-refractivity contribution in [1.82, 2.24) is 21.3 Å². The highest BCUT2D eigenvalue weighted by molar-refractivity contribution is 5.74. The molecule has 11 rings (SSSR count). The predicted octanol–water partition coefficient (Wildman–Crippen LogP) is -23.4. The Morgan fingerprint density at radius 1 is 0.345 bits per heavy atom. The van der Waals surface area contributed by atoms with Crippen molar-refractivity contribution in [2.24, 2.45) is 11.8 Å². The van der Waals surface area contributed by atoms with Gasteiger partial charge in [-0.3, -0.25) is 33.5 Å². The van der Waals surface area contributed by atoms with Crippen LogP contribution in [-0.2, 0) is 138 Å². The van der Waals surface area contributed by atoms with Crippen LogP contribution in [0.4, 0.5) is 0 Å². The van der Waals surface area contributed by atoms with E-state index in [2.05, 4.69) is 21.3 Å². The first-order valence-electron chi connectivity index (χ1n) is 46.1. The first kappa shape index (κ1) is 120. The van der Waals surface area contributed by atoms with E-state index in [4.69, 9.17) is 109 Å². The van der Waals surface area contributed by atoms with Crippen molar-refractivity contribution in [2.45, 2.75) is 385 Å². The van der Waals surface area contributed by atoms with Gasteiger partial charge in [-0.1, -0.05) is 13.8 Å². The topological polar surface area (TPSA) is 990 Å². The molecule has 0 saturated carbocycles. The Morgan fingerprint density at radius 2 is 0.676 bits per heavy atom. The van der Waals surface area contributed by atoms with Gasteiger partial charge in [0.1, 0.15) is 238 Å². The standard InChI is InChI=1S/C81H134N4O60/c1-22-28(100)7-79(126-20-94,144-62(22)45(104)30(102)9-86)124-18-38-48(107)55(114)59(118)74(135-38)138-64-34(13-90)132-72(43(53(64)112)84-26(5)98)142-68-57(116)46(105)31(10-87)129-77(68)123-17-37-50(109)67(61(120)76(134-37)140-66-36(15-92)131-71(42(52(66)111)83-25(4)97)137-63-33(12-89)128-70(121)41(51(63)110)82-24(3)96)141-78-69(58(117)47(106)32(11-88)130-78)143-73-44(85-27(6)99)54(113)65(35(14-91)133-73)139-75-60(119)56(115)49(108)39(136-75)19-125-80(127-21-95)8-29(101)23(2)81(122,145-80)40(103)16-93/h20-23,28-78,86-93,100-122H,7-19H2,1-6H3,(H,82,96)(H,83,97)(H,84,98)(H,85,99)/t22-,23-,28-,29-,30?,31?,32?,33?,34+,35?,36?,37?,38?,39?,40?,41?,42?,43?,44?,45-,46-,47-,48+,49+,50-,51-,52-,53?,54-,55+,56+,57+,58?,59?,60?,61?,62?,63-,64-,65-,66-,67+,68?,69?,70-,71+,72+,73+,74+,75+,76+,77+,78-,79+,80+,81+/m1/s1. The maximum absolute atomic E-state index is 13.3. The highest BCUT2D eigenvalue weighted by atomic mass is 16.9. The molecule has 4 amide bonds. The van der Waals surface area contributed by atoms with Crippen LogP contribution in [0.25, 0.3) is 0 Å². The predicted molar refractivity (Wildman–Crippen MR) is 444 cm³/mol. The highest BCUT2D eigenvalue weighted by Crippen LogP contribution is 2.46. The Kier molecular flexibility index (Phi) is 42.7. The van der Waals surface area contributed by atoms with E-state index in [9.17, 15) is 187 Å². The summed E-state index contributed by atoms with van der Waals surface area (Å²) in [5.74, 6) is -14.9. The average molecular weight is 2120 g/mol. The van der Waals surface area contributed by atoms with Crippen molar-refractivity contribution in [3.05, 3.63) is 0 Å². The molecule has 11 saturated heterocycles. The van der Waals surface area contributed by atoms with Gasteiger partial charge in [0, 0.05) is 39.5 Å². The number of carbonyl (C=O) groups is 6. The van der Waals surface area contributed by atoms with Gasteiger partial charge in [-0.25, -0.2) is 0 Å². The van der Waals surface area contributed by atoms with Crippen molar-refractivity contribution < 1.29 is 296 Å². The van der Waals surface area contributed by atoms with E-state index in [0.29, 0.717) is 0 Å². The molecular weight excluding hydrogens is 1990 g/mol. The van der Waals surface area contributed by atoms with Crippen LogP contribution >= 0.6 is 0 Å². The summed E-state index contributed by atoms with van der Waals surface area (Å²) in [6.45, 7) is -7.40. The number of hydrogen-bond acceptors (Lipinski definition) is 60. The molecule has 11 heterocycles. The Labute approximate surface area is 820 Å². The summed E-state index contributed by atoms with van der Waals surface area (Å²) < 4.78 is 135. The third-order valence-corrected chi connectivity index (χ3v) is 26.9. The molecule has 0 spiro atoms. The largest absolute Gasteiger partial charge is 0.410 e. The van der Waals surface area contributed by atoms with Crippen LogP contribution in [0.3, 0.4) is 0 Å². The molecule has 56 atom stereocenters. The summed E-state index contributed by atoms with van der Waals surface area (Å²) in [5.41, 5.74) is 0. The minimum atomic E-state index is -2.93. The van der Waals surface area contributed by atoms with Crippen LogP contribution in [0.5, 0.6) is 0 Å². The fourth-order valence-electron chi connectivity index (χ4n) is 18.7. The van der Waals surface area contributed by atoms with E-state index < -0.39 is 451 Å². The smallest absolute Gasteiger partial charge is 0.334 e. The van der Waals surface area contributed by atoms with E-state index >= 15 is 0 Å². The van der Waals surface area contributed by atoms with E-state index in [0.717, 1.165) is 27.7 Å². The van der Waals surface area contributed by atoms with Gasteiger partial charge in [0.2, 0.25) is 29.4 Å². The maximum atomic E-state index is 13.3. The van der Waals surface area contributed by atoms with Crippen molar-refractivity contribution in [2.75, 3.05) is 72.7 Å². The molecule has 11 aliphatic rings. The highest BCUT2D eigenvalue weighted by Gasteiger charge is 2.65. The summed E-state index contributed by atoms with van der Waals surface area (Å²) in [5, 5.41) is 359. The second-order valence-corrected chi connectivity index (χ2v) is 36.8. The molecule has 0 aromatic carbocycles. The number of aliphatic hydroxyl groups is 31. The van der Waals surface area contributed by atoms with Crippen LogP contribution in [0, 0.1) is 11.8 Å². The minimum Gasteiger partial charge on any atom is -0.410 e. The van der Waals surface area contributed by atoms with Crippen LogP contribution in [0.2, 0.25) is 0 Å². The first-order chi connectivity index (χ1) is 68.4. The van der Waals surface area contributed by atoms with Gasteiger partial charge in [-0.05, 0) is 0 Å². The van der Waals surface area contributed by atoms with Gasteiger partial charge in [-0.2, -0.15) is 0 Å². The van der Waals surface area contributed by atoms with Crippen LogP contribution < -0.4 is 21.3 Å². The average Bonchev–Trinajstić information content (AvgIpc) is 0.743. The van der Waals surface area contributed by atoms with Gasteiger partial charge >= 0.3 is 11.9 Å². The van der Waals surface area contributed by atoms with Crippen LogP contribution in [0.15, 0.2) is 0 Å². The fourth-order valence-corrected chi connectivity index (χ4v) is 18.7. The quantitative estimate of drug-likeness (QED) is 0.0199. The zero-order valence-electron chi connectivity index (χ0n) is 78.1. The Hall–Kier alpha value is -5.26. The van der Waals surface area contributed by atoms with Crippen LogP contribution in [-0.4, -0.2) is 598 Å². The summed E-state index contributed by atoms with van der Waals surface area (Å²) in [6.07, 6.45) is -105. The number of nitrogens with one attached hydrogen (secondary N) is 4. The third-order valence-electron chi connectivity index (χ3n) is 26.9. The molecule has 0 aliphatic carbocycles. The Bertz CT molecular complexity index is 4070.